The summed E-state index contributed by atoms with van der Waals surface area (Å²) in [7, 11) is 3.07. The van der Waals surface area contributed by atoms with E-state index in [0.717, 1.165) is 11.1 Å². The quantitative estimate of drug-likeness (QED) is 0.361. The molecule has 0 saturated carbocycles. The number of thioether (sulfide) groups is 1. The maximum atomic E-state index is 12.8. The van der Waals surface area contributed by atoms with E-state index in [1.54, 1.807) is 25.3 Å². The summed E-state index contributed by atoms with van der Waals surface area (Å²) in [5, 5.41) is 11.9. The van der Waals surface area contributed by atoms with E-state index in [2.05, 4.69) is 20.6 Å². The van der Waals surface area contributed by atoms with E-state index in [0.29, 0.717) is 33.6 Å². The summed E-state index contributed by atoms with van der Waals surface area (Å²) in [5.41, 5.74) is 9.24. The van der Waals surface area contributed by atoms with Gasteiger partial charge in [-0.2, -0.15) is 10.1 Å². The Labute approximate surface area is 200 Å². The second-order valence-electron chi connectivity index (χ2n) is 7.33. The number of benzene rings is 2. The lowest BCUT2D eigenvalue weighted by Crippen LogP contribution is -2.21. The standard InChI is InChI=1S/C23H24N6O4S/c1-13-6-5-7-14(10-13)21-26-22(33-28-21)19-20(24)29(27-23(19)34-4)12-18(30)25-16-11-15(31-2)8-9-17(16)32-3/h5-11H,12,24H2,1-4H3,(H,25,30). The fourth-order valence-corrected chi connectivity index (χ4v) is 3.96. The topological polar surface area (TPSA) is 130 Å². The SMILES string of the molecule is COc1ccc(OC)c(NC(=O)Cn2nc(SC)c(-c3nc(-c4cccc(C)c4)no3)c2N)c1. The number of amides is 1. The van der Waals surface area contributed by atoms with Crippen molar-refractivity contribution in [2.75, 3.05) is 31.5 Å². The highest BCUT2D eigenvalue weighted by Crippen LogP contribution is 2.35. The lowest BCUT2D eigenvalue weighted by Gasteiger charge is -2.12. The molecule has 0 aliphatic heterocycles. The number of carbonyl (C=O) groups excluding carboxylic acids is 1. The molecule has 0 radical (unpaired) electrons. The highest BCUT2D eigenvalue weighted by atomic mass is 32.2. The van der Waals surface area contributed by atoms with Crippen LogP contribution in [-0.2, 0) is 11.3 Å². The van der Waals surface area contributed by atoms with Gasteiger partial charge in [-0.3, -0.25) is 4.79 Å². The van der Waals surface area contributed by atoms with E-state index in [1.165, 1.54) is 23.6 Å². The average Bonchev–Trinajstić information content (AvgIpc) is 3.43. The Hall–Kier alpha value is -3.99. The second kappa shape index (κ2) is 9.87. The van der Waals surface area contributed by atoms with Gasteiger partial charge in [0.15, 0.2) is 0 Å². The van der Waals surface area contributed by atoms with Crippen molar-refractivity contribution in [1.29, 1.82) is 0 Å². The monoisotopic (exact) mass is 480 g/mol. The molecule has 10 nitrogen and oxygen atoms in total. The van der Waals surface area contributed by atoms with Crippen LogP contribution in [0.4, 0.5) is 11.5 Å². The van der Waals surface area contributed by atoms with Crippen LogP contribution in [0.3, 0.4) is 0 Å². The summed E-state index contributed by atoms with van der Waals surface area (Å²) in [4.78, 5) is 17.3. The molecule has 4 rings (SSSR count). The first-order valence-electron chi connectivity index (χ1n) is 10.3. The van der Waals surface area contributed by atoms with Crippen LogP contribution in [0.1, 0.15) is 5.56 Å². The van der Waals surface area contributed by atoms with Crippen molar-refractivity contribution in [2.45, 2.75) is 18.5 Å². The van der Waals surface area contributed by atoms with Crippen molar-refractivity contribution in [2.24, 2.45) is 0 Å². The number of rotatable bonds is 8. The van der Waals surface area contributed by atoms with E-state index in [9.17, 15) is 4.79 Å². The van der Waals surface area contributed by atoms with Crippen LogP contribution in [0.15, 0.2) is 52.0 Å². The van der Waals surface area contributed by atoms with E-state index in [4.69, 9.17) is 19.7 Å². The van der Waals surface area contributed by atoms with Gasteiger partial charge in [-0.05, 0) is 31.4 Å². The number of methoxy groups -OCH3 is 2. The van der Waals surface area contributed by atoms with Crippen molar-refractivity contribution < 1.29 is 18.8 Å². The molecule has 0 fully saturated rings. The van der Waals surface area contributed by atoms with Gasteiger partial charge in [0.05, 0.1) is 19.9 Å². The number of anilines is 2. The number of hydrogen-bond donors (Lipinski definition) is 2. The number of hydrogen-bond acceptors (Lipinski definition) is 9. The first kappa shape index (κ1) is 23.2. The van der Waals surface area contributed by atoms with Crippen LogP contribution in [0, 0.1) is 6.92 Å². The van der Waals surface area contributed by atoms with E-state index in [-0.39, 0.29) is 24.2 Å². The molecule has 3 N–H and O–H groups in total. The average molecular weight is 481 g/mol. The molecule has 34 heavy (non-hydrogen) atoms. The Balaban J connectivity index is 1.59. The molecule has 0 spiro atoms. The Morgan fingerprint density at radius 3 is 2.74 bits per heavy atom. The first-order chi connectivity index (χ1) is 16.4. The molecule has 0 unspecified atom stereocenters. The van der Waals surface area contributed by atoms with Crippen LogP contribution in [0.25, 0.3) is 22.8 Å². The molecule has 0 aliphatic rings. The minimum atomic E-state index is -0.342. The predicted octanol–water partition coefficient (Wildman–Crippen LogP) is 3.87. The van der Waals surface area contributed by atoms with Gasteiger partial charge in [-0.1, -0.05) is 28.9 Å². The number of nitrogens with two attached hydrogens (primary N) is 1. The molecule has 1 amide bonds. The van der Waals surface area contributed by atoms with E-state index >= 15 is 0 Å². The van der Waals surface area contributed by atoms with Crippen LogP contribution >= 0.6 is 11.8 Å². The number of aryl methyl sites for hydroxylation is 1. The molecular weight excluding hydrogens is 456 g/mol. The van der Waals surface area contributed by atoms with Gasteiger partial charge in [-0.25, -0.2) is 4.68 Å². The molecule has 0 aliphatic carbocycles. The third kappa shape index (κ3) is 4.69. The molecule has 11 heteroatoms. The molecule has 2 heterocycles. The Morgan fingerprint density at radius 1 is 1.21 bits per heavy atom. The van der Waals surface area contributed by atoms with Gasteiger partial charge in [0.25, 0.3) is 5.89 Å². The van der Waals surface area contributed by atoms with E-state index < -0.39 is 0 Å². The van der Waals surface area contributed by atoms with Crippen LogP contribution in [0.2, 0.25) is 0 Å². The van der Waals surface area contributed by atoms with Gasteiger partial charge in [0.1, 0.15) is 34.5 Å². The molecule has 2 aromatic heterocycles. The predicted molar refractivity (Wildman–Crippen MR) is 130 cm³/mol. The highest BCUT2D eigenvalue weighted by Gasteiger charge is 2.24. The summed E-state index contributed by atoms with van der Waals surface area (Å²) in [6.07, 6.45) is 1.86. The Morgan fingerprint density at radius 2 is 2.03 bits per heavy atom. The summed E-state index contributed by atoms with van der Waals surface area (Å²) < 4.78 is 17.4. The molecule has 2 aromatic carbocycles. The van der Waals surface area contributed by atoms with Crippen molar-refractivity contribution in [3.8, 4) is 34.3 Å². The van der Waals surface area contributed by atoms with Gasteiger partial charge < -0.3 is 25.0 Å². The number of nitrogen functional groups attached to an aromatic ring is 1. The Bertz CT molecular complexity index is 1330. The lowest BCUT2D eigenvalue weighted by molar-refractivity contribution is -0.116. The molecule has 4 aromatic rings. The Kier molecular flexibility index (Phi) is 6.73. The fourth-order valence-electron chi connectivity index (χ4n) is 3.38. The van der Waals surface area contributed by atoms with Crippen molar-refractivity contribution in [3.05, 3.63) is 48.0 Å². The van der Waals surface area contributed by atoms with Crippen LogP contribution in [-0.4, -0.2) is 46.3 Å². The van der Waals surface area contributed by atoms with E-state index in [1.807, 2.05) is 37.4 Å². The first-order valence-corrected chi connectivity index (χ1v) is 11.5. The third-order valence-corrected chi connectivity index (χ3v) is 5.72. The highest BCUT2D eigenvalue weighted by molar-refractivity contribution is 7.98. The second-order valence-corrected chi connectivity index (χ2v) is 8.13. The number of nitrogens with one attached hydrogen (secondary N) is 1. The van der Waals surface area contributed by atoms with Gasteiger partial charge in [0.2, 0.25) is 11.7 Å². The number of ether oxygens (including phenoxy) is 2. The molecule has 176 valence electrons. The fraction of sp³-hybridized carbons (Fsp3) is 0.217. The summed E-state index contributed by atoms with van der Waals surface area (Å²) >= 11 is 1.37. The van der Waals surface area contributed by atoms with Gasteiger partial charge in [-0.15, -0.1) is 11.8 Å². The minimum absolute atomic E-state index is 0.126. The van der Waals surface area contributed by atoms with Crippen molar-refractivity contribution >= 4 is 29.2 Å². The smallest absolute Gasteiger partial charge is 0.264 e. The number of carbonyl (C=O) groups is 1. The summed E-state index contributed by atoms with van der Waals surface area (Å²) in [6.45, 7) is 1.86. The summed E-state index contributed by atoms with van der Waals surface area (Å²) in [5.74, 6) is 1.67. The zero-order chi connectivity index (χ0) is 24.2. The number of nitrogens with zero attached hydrogens (tertiary/aromatic N) is 4. The zero-order valence-corrected chi connectivity index (χ0v) is 20.0. The maximum Gasteiger partial charge on any atom is 0.264 e. The van der Waals surface area contributed by atoms with Crippen molar-refractivity contribution in [3.63, 3.8) is 0 Å². The molecular formula is C23H24N6O4S. The normalized spacial score (nSPS) is 10.8. The molecule has 0 bridgehead atoms. The molecule has 0 saturated heterocycles. The summed E-state index contributed by atoms with van der Waals surface area (Å²) in [6, 6.07) is 12.9. The largest absolute Gasteiger partial charge is 0.497 e. The lowest BCUT2D eigenvalue weighted by atomic mass is 10.1. The van der Waals surface area contributed by atoms with Crippen molar-refractivity contribution in [1.82, 2.24) is 19.9 Å². The van der Waals surface area contributed by atoms with Gasteiger partial charge >= 0.3 is 0 Å². The maximum absolute atomic E-state index is 12.8. The molecule has 0 atom stereocenters. The van der Waals surface area contributed by atoms with Gasteiger partial charge in [0, 0.05) is 11.6 Å². The zero-order valence-electron chi connectivity index (χ0n) is 19.2. The van der Waals surface area contributed by atoms with Crippen LogP contribution < -0.4 is 20.5 Å². The minimum Gasteiger partial charge on any atom is -0.497 e. The third-order valence-electron chi connectivity index (χ3n) is 5.04. The number of aromatic nitrogens is 4. The van der Waals surface area contributed by atoms with Crippen LogP contribution in [0.5, 0.6) is 11.5 Å².